The molecule has 6 nitrogen and oxygen atoms in total. The Morgan fingerprint density at radius 2 is 1.88 bits per heavy atom. The molecule has 2 aliphatic rings. The third kappa shape index (κ3) is 5.62. The maximum atomic E-state index is 12.8. The van der Waals surface area contributed by atoms with E-state index in [0.717, 1.165) is 30.8 Å². The van der Waals surface area contributed by atoms with Gasteiger partial charge in [-0.25, -0.2) is 0 Å². The molecule has 0 N–H and O–H groups in total. The summed E-state index contributed by atoms with van der Waals surface area (Å²) >= 11 is 6.75. The Hall–Kier alpha value is -2.55. The van der Waals surface area contributed by atoms with Crippen molar-refractivity contribution in [3.8, 4) is 17.2 Å². The highest BCUT2D eigenvalue weighted by Gasteiger charge is 2.34. The molecule has 2 aliphatic heterocycles. The first kappa shape index (κ1) is 22.6. The summed E-state index contributed by atoms with van der Waals surface area (Å²) in [6, 6.07) is 15.1. The van der Waals surface area contributed by atoms with Crippen LogP contribution in [0, 0.1) is 0 Å². The molecule has 32 heavy (non-hydrogen) atoms. The van der Waals surface area contributed by atoms with Crippen LogP contribution in [0.2, 0.25) is 0 Å². The van der Waals surface area contributed by atoms with Gasteiger partial charge in [0.1, 0.15) is 23.3 Å². The van der Waals surface area contributed by atoms with Gasteiger partial charge in [-0.05, 0) is 48.7 Å². The molecule has 0 bridgehead atoms. The van der Waals surface area contributed by atoms with Crippen LogP contribution in [0.5, 0.6) is 17.2 Å². The lowest BCUT2D eigenvalue weighted by Gasteiger charge is -2.18. The van der Waals surface area contributed by atoms with Crippen LogP contribution in [0.3, 0.4) is 0 Å². The van der Waals surface area contributed by atoms with Crippen molar-refractivity contribution in [3.63, 3.8) is 0 Å². The smallest absolute Gasteiger partial charge is 0.266 e. The Morgan fingerprint density at radius 3 is 2.59 bits per heavy atom. The topological polar surface area (TPSA) is 57.2 Å². The first-order chi connectivity index (χ1) is 15.6. The van der Waals surface area contributed by atoms with Crippen molar-refractivity contribution >= 4 is 40.3 Å². The summed E-state index contributed by atoms with van der Waals surface area (Å²) in [6.45, 7) is 2.09. The molecule has 2 saturated heterocycles. The minimum absolute atomic E-state index is 0.0516. The number of hydrogen-bond donors (Lipinski definition) is 0. The van der Waals surface area contributed by atoms with E-state index in [1.807, 2.05) is 54.6 Å². The lowest BCUT2D eigenvalue weighted by atomic mass is 10.2. The quantitative estimate of drug-likeness (QED) is 0.302. The van der Waals surface area contributed by atoms with Gasteiger partial charge in [0.25, 0.3) is 5.91 Å². The maximum Gasteiger partial charge on any atom is 0.266 e. The molecule has 0 saturated carbocycles. The molecule has 1 amide bonds. The normalized spacial score (nSPS) is 19.6. The van der Waals surface area contributed by atoms with E-state index < -0.39 is 0 Å². The van der Waals surface area contributed by atoms with Crippen molar-refractivity contribution in [2.75, 3.05) is 33.5 Å². The van der Waals surface area contributed by atoms with Crippen molar-refractivity contribution in [1.82, 2.24) is 4.90 Å². The summed E-state index contributed by atoms with van der Waals surface area (Å²) in [6.07, 6.45) is 3.96. The summed E-state index contributed by atoms with van der Waals surface area (Å²) in [5.41, 5.74) is 0.917. The number of ether oxygens (including phenoxy) is 4. The van der Waals surface area contributed by atoms with E-state index in [1.165, 1.54) is 11.8 Å². The predicted molar refractivity (Wildman–Crippen MR) is 129 cm³/mol. The molecule has 0 aliphatic carbocycles. The third-order valence-electron chi connectivity index (χ3n) is 5.14. The lowest BCUT2D eigenvalue weighted by Crippen LogP contribution is -2.35. The van der Waals surface area contributed by atoms with Crippen LogP contribution in [-0.4, -0.2) is 54.7 Å². The second-order valence-electron chi connectivity index (χ2n) is 7.34. The monoisotopic (exact) mass is 471 g/mol. The van der Waals surface area contributed by atoms with E-state index in [9.17, 15) is 4.79 Å². The zero-order valence-corrected chi connectivity index (χ0v) is 19.5. The Morgan fingerprint density at radius 1 is 1.12 bits per heavy atom. The molecule has 2 fully saturated rings. The average Bonchev–Trinajstić information content (AvgIpc) is 3.42. The Labute approximate surface area is 197 Å². The van der Waals surface area contributed by atoms with Crippen LogP contribution in [-0.2, 0) is 9.53 Å². The summed E-state index contributed by atoms with van der Waals surface area (Å²) < 4.78 is 23.0. The number of carbonyl (C=O) groups is 1. The molecular weight excluding hydrogens is 446 g/mol. The Bertz CT molecular complexity index is 986. The molecule has 2 heterocycles. The zero-order valence-electron chi connectivity index (χ0n) is 17.8. The van der Waals surface area contributed by atoms with E-state index in [1.54, 1.807) is 12.0 Å². The molecule has 0 spiro atoms. The number of methoxy groups -OCH3 is 1. The van der Waals surface area contributed by atoms with Crippen molar-refractivity contribution in [1.29, 1.82) is 0 Å². The highest BCUT2D eigenvalue weighted by molar-refractivity contribution is 8.26. The minimum atomic E-state index is -0.0516. The lowest BCUT2D eigenvalue weighted by molar-refractivity contribution is -0.123. The number of benzene rings is 2. The fourth-order valence-electron chi connectivity index (χ4n) is 3.51. The zero-order chi connectivity index (χ0) is 22.3. The van der Waals surface area contributed by atoms with Crippen LogP contribution < -0.4 is 14.2 Å². The fraction of sp³-hybridized carbons (Fsp3) is 0.333. The van der Waals surface area contributed by atoms with Gasteiger partial charge in [0.05, 0.1) is 24.7 Å². The largest absolute Gasteiger partial charge is 0.493 e. The highest BCUT2D eigenvalue weighted by Crippen LogP contribution is 2.33. The van der Waals surface area contributed by atoms with E-state index in [2.05, 4.69) is 0 Å². The molecule has 2 aromatic rings. The van der Waals surface area contributed by atoms with Gasteiger partial charge in [-0.15, -0.1) is 0 Å². The van der Waals surface area contributed by atoms with Crippen LogP contribution in [0.4, 0.5) is 0 Å². The molecular formula is C24H25NO5S2. The number of nitrogens with zero attached hydrogens (tertiary/aromatic N) is 1. The Balaban J connectivity index is 1.28. The van der Waals surface area contributed by atoms with Gasteiger partial charge in [-0.2, -0.15) is 0 Å². The molecule has 0 unspecified atom stereocenters. The first-order valence-electron chi connectivity index (χ1n) is 10.5. The SMILES string of the molecule is COc1ccccc1OCCOc1ccc(/C=C2/SC(=S)N(C[C@@H]3CCCO3)C2=O)cc1. The summed E-state index contributed by atoms with van der Waals surface area (Å²) in [7, 11) is 1.61. The number of thiocarbonyl (C=S) groups is 1. The number of rotatable bonds is 9. The van der Waals surface area contributed by atoms with Gasteiger partial charge in [0.2, 0.25) is 0 Å². The second kappa shape index (κ2) is 10.8. The number of thioether (sulfide) groups is 1. The van der Waals surface area contributed by atoms with E-state index in [0.29, 0.717) is 40.5 Å². The first-order valence-corrected chi connectivity index (χ1v) is 11.7. The molecule has 168 valence electrons. The number of hydrogen-bond acceptors (Lipinski definition) is 7. The van der Waals surface area contributed by atoms with Gasteiger partial charge in [-0.3, -0.25) is 9.69 Å². The van der Waals surface area contributed by atoms with Gasteiger partial charge >= 0.3 is 0 Å². The van der Waals surface area contributed by atoms with E-state index in [4.69, 9.17) is 31.2 Å². The summed E-state index contributed by atoms with van der Waals surface area (Å²) in [5, 5.41) is 0. The van der Waals surface area contributed by atoms with Crippen molar-refractivity contribution in [2.24, 2.45) is 0 Å². The predicted octanol–water partition coefficient (Wildman–Crippen LogP) is 4.53. The number of carbonyl (C=O) groups excluding carboxylic acids is 1. The van der Waals surface area contributed by atoms with Gasteiger partial charge in [-0.1, -0.05) is 48.2 Å². The maximum absolute atomic E-state index is 12.8. The van der Waals surface area contributed by atoms with Crippen LogP contribution in [0.15, 0.2) is 53.4 Å². The van der Waals surface area contributed by atoms with Crippen LogP contribution in [0.1, 0.15) is 18.4 Å². The molecule has 1 atom stereocenters. The highest BCUT2D eigenvalue weighted by atomic mass is 32.2. The summed E-state index contributed by atoms with van der Waals surface area (Å²) in [5.74, 6) is 2.06. The molecule has 8 heteroatoms. The minimum Gasteiger partial charge on any atom is -0.493 e. The van der Waals surface area contributed by atoms with Gasteiger partial charge in [0.15, 0.2) is 11.5 Å². The molecule has 0 radical (unpaired) electrons. The van der Waals surface area contributed by atoms with Gasteiger partial charge in [0, 0.05) is 6.61 Å². The van der Waals surface area contributed by atoms with Crippen molar-refractivity contribution in [3.05, 3.63) is 59.0 Å². The van der Waals surface area contributed by atoms with Crippen molar-refractivity contribution in [2.45, 2.75) is 18.9 Å². The average molecular weight is 472 g/mol. The number of amides is 1. The standard InChI is InChI=1S/C24H25NO5S2/c1-27-20-6-2-3-7-21(20)30-14-13-29-18-10-8-17(9-11-18)15-22-23(26)25(24(31)32-22)16-19-5-4-12-28-19/h2-3,6-11,15,19H,4-5,12-14,16H2,1H3/b22-15+/t19-/m0/s1. The van der Waals surface area contributed by atoms with Crippen LogP contribution in [0.25, 0.3) is 6.08 Å². The second-order valence-corrected chi connectivity index (χ2v) is 9.02. The summed E-state index contributed by atoms with van der Waals surface area (Å²) in [4.78, 5) is 15.0. The van der Waals surface area contributed by atoms with Gasteiger partial charge < -0.3 is 18.9 Å². The van der Waals surface area contributed by atoms with E-state index in [-0.39, 0.29) is 12.0 Å². The Kier molecular flexibility index (Phi) is 7.68. The van der Waals surface area contributed by atoms with Crippen LogP contribution >= 0.6 is 24.0 Å². The van der Waals surface area contributed by atoms with Crippen molar-refractivity contribution < 1.29 is 23.7 Å². The molecule has 2 aromatic carbocycles. The third-order valence-corrected chi connectivity index (χ3v) is 6.52. The molecule has 4 rings (SSSR count). The fourth-order valence-corrected chi connectivity index (χ4v) is 4.79. The number of para-hydroxylation sites is 2. The van der Waals surface area contributed by atoms with E-state index >= 15 is 0 Å². The molecule has 0 aromatic heterocycles.